The summed E-state index contributed by atoms with van der Waals surface area (Å²) in [7, 11) is 1.44. The molecule has 2 aliphatic heterocycles. The molecule has 2 aromatic rings. The summed E-state index contributed by atoms with van der Waals surface area (Å²) in [5.74, 6) is -2.17. The molecule has 2 aliphatic rings. The number of methoxy groups -OCH3 is 1. The van der Waals surface area contributed by atoms with Crippen LogP contribution in [-0.4, -0.2) is 69.3 Å². The largest absolute Gasteiger partial charge is 0.462 e. The lowest BCUT2D eigenvalue weighted by molar-refractivity contribution is -0.336. The molecule has 162 valence electrons. The third-order valence-electron chi connectivity index (χ3n) is 5.14. The second-order valence-electron chi connectivity index (χ2n) is 7.10. The first kappa shape index (κ1) is 20.6. The predicted molar refractivity (Wildman–Crippen MR) is 98.1 cm³/mol. The molecule has 12 heteroatoms. The minimum absolute atomic E-state index is 0.142. The van der Waals surface area contributed by atoms with Crippen molar-refractivity contribution < 1.29 is 33.3 Å². The second kappa shape index (κ2) is 7.87. The van der Waals surface area contributed by atoms with E-state index in [2.05, 4.69) is 15.0 Å². The van der Waals surface area contributed by atoms with E-state index in [9.17, 15) is 14.4 Å². The molecule has 2 fully saturated rings. The van der Waals surface area contributed by atoms with E-state index >= 15 is 0 Å². The molecule has 2 aromatic heterocycles. The molecular formula is C18H22N4O8. The summed E-state index contributed by atoms with van der Waals surface area (Å²) in [6.07, 6.45) is -0.0792. The molecule has 5 atom stereocenters. The fourth-order valence-electron chi connectivity index (χ4n) is 3.51. The van der Waals surface area contributed by atoms with Gasteiger partial charge in [0.15, 0.2) is 17.4 Å². The van der Waals surface area contributed by atoms with Crippen LogP contribution < -0.4 is 5.56 Å². The number of nitrogens with one attached hydrogen (secondary N) is 1. The van der Waals surface area contributed by atoms with Gasteiger partial charge in [-0.2, -0.15) is 0 Å². The van der Waals surface area contributed by atoms with Gasteiger partial charge in [-0.1, -0.05) is 6.92 Å². The van der Waals surface area contributed by atoms with Gasteiger partial charge in [-0.15, -0.1) is 0 Å². The number of hydrogen-bond acceptors (Lipinski definition) is 10. The van der Waals surface area contributed by atoms with Gasteiger partial charge in [0.2, 0.25) is 0 Å². The van der Waals surface area contributed by atoms with E-state index in [1.165, 1.54) is 19.8 Å². The number of imidazole rings is 1. The Morgan fingerprint density at radius 1 is 1.30 bits per heavy atom. The van der Waals surface area contributed by atoms with Crippen LogP contribution in [-0.2, 0) is 33.3 Å². The maximum absolute atomic E-state index is 12.0. The van der Waals surface area contributed by atoms with Crippen molar-refractivity contribution in [2.24, 2.45) is 0 Å². The average molecular weight is 422 g/mol. The minimum atomic E-state index is -1.32. The second-order valence-corrected chi connectivity index (χ2v) is 7.10. The SMILES string of the molecule is CCC(=O)CC(=O)OC[C@H]1O[C@@H](n2cnc3c(=O)[nH]cnc32)C2OC(C)(OC)O[C@H]21. The first-order valence-electron chi connectivity index (χ1n) is 9.49. The fourth-order valence-corrected chi connectivity index (χ4v) is 3.51. The first-order chi connectivity index (χ1) is 14.3. The van der Waals surface area contributed by atoms with Crippen molar-refractivity contribution in [1.29, 1.82) is 0 Å². The van der Waals surface area contributed by atoms with E-state index in [1.54, 1.807) is 18.4 Å². The number of hydrogen-bond donors (Lipinski definition) is 1. The van der Waals surface area contributed by atoms with Gasteiger partial charge in [0.25, 0.3) is 11.5 Å². The smallest absolute Gasteiger partial charge is 0.313 e. The minimum Gasteiger partial charge on any atom is -0.462 e. The number of carbonyl (C=O) groups is 2. The zero-order chi connectivity index (χ0) is 21.5. The van der Waals surface area contributed by atoms with Crippen molar-refractivity contribution in [2.45, 2.75) is 57.2 Å². The first-order valence-corrected chi connectivity index (χ1v) is 9.49. The van der Waals surface area contributed by atoms with Gasteiger partial charge in [-0.3, -0.25) is 19.0 Å². The third-order valence-corrected chi connectivity index (χ3v) is 5.14. The van der Waals surface area contributed by atoms with Crippen molar-refractivity contribution in [3.05, 3.63) is 23.0 Å². The quantitative estimate of drug-likeness (QED) is 0.479. The Morgan fingerprint density at radius 3 is 2.80 bits per heavy atom. The fraction of sp³-hybridized carbons (Fsp3) is 0.611. The Balaban J connectivity index is 1.57. The Kier molecular flexibility index (Phi) is 5.40. The van der Waals surface area contributed by atoms with Gasteiger partial charge in [-0.05, 0) is 0 Å². The van der Waals surface area contributed by atoms with E-state index in [-0.39, 0.29) is 36.3 Å². The highest BCUT2D eigenvalue weighted by molar-refractivity contribution is 5.95. The van der Waals surface area contributed by atoms with Gasteiger partial charge in [-0.25, -0.2) is 9.97 Å². The molecule has 4 heterocycles. The van der Waals surface area contributed by atoms with Crippen LogP contribution in [0.25, 0.3) is 11.2 Å². The normalized spacial score (nSPS) is 30.5. The monoisotopic (exact) mass is 422 g/mol. The number of Topliss-reactive ketones (excluding diaryl/α,β-unsaturated/α-hetero) is 1. The lowest BCUT2D eigenvalue weighted by Crippen LogP contribution is -2.35. The van der Waals surface area contributed by atoms with E-state index in [4.69, 9.17) is 23.7 Å². The zero-order valence-corrected chi connectivity index (χ0v) is 16.7. The van der Waals surface area contributed by atoms with Gasteiger partial charge in [0.1, 0.15) is 37.1 Å². The Morgan fingerprint density at radius 2 is 2.07 bits per heavy atom. The molecule has 0 bridgehead atoms. The summed E-state index contributed by atoms with van der Waals surface area (Å²) in [5.41, 5.74) is 0.0759. The van der Waals surface area contributed by atoms with Gasteiger partial charge in [0, 0.05) is 20.5 Å². The topological polar surface area (TPSA) is 144 Å². The van der Waals surface area contributed by atoms with Crippen molar-refractivity contribution in [3.8, 4) is 0 Å². The van der Waals surface area contributed by atoms with Gasteiger partial charge >= 0.3 is 5.97 Å². The highest BCUT2D eigenvalue weighted by Gasteiger charge is 2.58. The number of ether oxygens (including phenoxy) is 5. The van der Waals surface area contributed by atoms with Crippen LogP contribution in [0, 0.1) is 0 Å². The lowest BCUT2D eigenvalue weighted by Gasteiger charge is -2.26. The summed E-state index contributed by atoms with van der Waals surface area (Å²) in [6, 6.07) is 0. The van der Waals surface area contributed by atoms with Crippen LogP contribution in [0.5, 0.6) is 0 Å². The Labute approximate surface area is 170 Å². The molecule has 12 nitrogen and oxygen atoms in total. The highest BCUT2D eigenvalue weighted by Crippen LogP contribution is 2.44. The lowest BCUT2D eigenvalue weighted by atomic mass is 10.1. The maximum atomic E-state index is 12.0. The number of aromatic amines is 1. The molecule has 0 amide bonds. The number of aromatic nitrogens is 4. The summed E-state index contributed by atoms with van der Waals surface area (Å²) in [5, 5.41) is 0. The number of esters is 1. The Hall–Kier alpha value is -2.67. The number of rotatable bonds is 7. The molecule has 2 unspecified atom stereocenters. The molecule has 0 aliphatic carbocycles. The van der Waals surface area contributed by atoms with E-state index in [0.717, 1.165) is 0 Å². The van der Waals surface area contributed by atoms with E-state index in [0.29, 0.717) is 5.65 Å². The molecule has 4 rings (SSSR count). The number of nitrogens with zero attached hydrogens (tertiary/aromatic N) is 3. The molecule has 0 saturated carbocycles. The standard InChI is InChI=1S/C18H22N4O8/c1-4-9(23)5-11(24)27-6-10-13-14(30-18(2,26-3)29-13)17(28-10)22-8-21-12-15(22)19-7-20-16(12)25/h7-8,10,13-14,17H,4-6H2,1-3H3,(H,19,20,25)/t10-,13+,14?,17-,18?/m1/s1. The van der Waals surface area contributed by atoms with Crippen LogP contribution in [0.4, 0.5) is 0 Å². The summed E-state index contributed by atoms with van der Waals surface area (Å²) in [4.78, 5) is 46.1. The van der Waals surface area contributed by atoms with Crippen LogP contribution >= 0.6 is 0 Å². The van der Waals surface area contributed by atoms with Crippen LogP contribution in [0.3, 0.4) is 0 Å². The Bertz CT molecular complexity index is 1020. The van der Waals surface area contributed by atoms with Crippen molar-refractivity contribution in [1.82, 2.24) is 19.5 Å². The van der Waals surface area contributed by atoms with Gasteiger partial charge in [0.05, 0.1) is 12.7 Å². The summed E-state index contributed by atoms with van der Waals surface area (Å²) in [6.45, 7) is 3.15. The molecule has 0 aromatic carbocycles. The highest BCUT2D eigenvalue weighted by atomic mass is 16.9. The number of carbonyl (C=O) groups excluding carboxylic acids is 2. The number of ketones is 1. The summed E-state index contributed by atoms with van der Waals surface area (Å²) >= 11 is 0. The molecule has 1 N–H and O–H groups in total. The average Bonchev–Trinajstić information content (AvgIpc) is 3.39. The maximum Gasteiger partial charge on any atom is 0.313 e. The number of H-pyrrole nitrogens is 1. The predicted octanol–water partition coefficient (Wildman–Crippen LogP) is 0.0335. The molecule has 0 radical (unpaired) electrons. The molecule has 30 heavy (non-hydrogen) atoms. The van der Waals surface area contributed by atoms with Crippen molar-refractivity contribution in [2.75, 3.05) is 13.7 Å². The van der Waals surface area contributed by atoms with Crippen molar-refractivity contribution >= 4 is 22.9 Å². The zero-order valence-electron chi connectivity index (χ0n) is 16.7. The van der Waals surface area contributed by atoms with Crippen LogP contribution in [0.15, 0.2) is 17.4 Å². The van der Waals surface area contributed by atoms with Crippen LogP contribution in [0.2, 0.25) is 0 Å². The molecule has 2 saturated heterocycles. The van der Waals surface area contributed by atoms with Crippen molar-refractivity contribution in [3.63, 3.8) is 0 Å². The summed E-state index contributed by atoms with van der Waals surface area (Å²) < 4.78 is 29.9. The number of fused-ring (bicyclic) bond motifs is 2. The molecular weight excluding hydrogens is 400 g/mol. The third kappa shape index (κ3) is 3.62. The molecule has 0 spiro atoms. The van der Waals surface area contributed by atoms with E-state index in [1.807, 2.05) is 0 Å². The van der Waals surface area contributed by atoms with Gasteiger partial charge < -0.3 is 28.7 Å². The van der Waals surface area contributed by atoms with E-state index < -0.39 is 36.5 Å². The van der Waals surface area contributed by atoms with Crippen LogP contribution in [0.1, 0.15) is 32.9 Å².